The third-order valence-corrected chi connectivity index (χ3v) is 3.45. The zero-order valence-corrected chi connectivity index (χ0v) is 13.4. The van der Waals surface area contributed by atoms with Crippen LogP contribution in [0.15, 0.2) is 24.3 Å². The molecule has 2 unspecified atom stereocenters. The van der Waals surface area contributed by atoms with Crippen LogP contribution < -0.4 is 10.6 Å². The van der Waals surface area contributed by atoms with Crippen molar-refractivity contribution in [3.63, 3.8) is 0 Å². The van der Waals surface area contributed by atoms with Gasteiger partial charge in [-0.3, -0.25) is 0 Å². The molecular formula is C16H27N3O2. The largest absolute Gasteiger partial charge is 0.389 e. The van der Waals surface area contributed by atoms with Gasteiger partial charge < -0.3 is 20.6 Å². The van der Waals surface area contributed by atoms with Crippen LogP contribution in [0, 0.1) is 0 Å². The van der Waals surface area contributed by atoms with Crippen LogP contribution in [-0.4, -0.2) is 41.7 Å². The van der Waals surface area contributed by atoms with Gasteiger partial charge in [0.15, 0.2) is 0 Å². The zero-order chi connectivity index (χ0) is 15.8. The van der Waals surface area contributed by atoms with E-state index in [0.717, 1.165) is 25.2 Å². The topological polar surface area (TPSA) is 64.6 Å². The highest BCUT2D eigenvalue weighted by Gasteiger charge is 2.10. The van der Waals surface area contributed by atoms with Gasteiger partial charge in [-0.1, -0.05) is 26.0 Å². The molecule has 3 N–H and O–H groups in total. The summed E-state index contributed by atoms with van der Waals surface area (Å²) in [6.45, 7) is 10.7. The quantitative estimate of drug-likeness (QED) is 0.724. The van der Waals surface area contributed by atoms with Gasteiger partial charge >= 0.3 is 6.03 Å². The fourth-order valence-corrected chi connectivity index (χ4v) is 2.15. The van der Waals surface area contributed by atoms with E-state index in [-0.39, 0.29) is 12.1 Å². The average Bonchev–Trinajstić information content (AvgIpc) is 2.45. The van der Waals surface area contributed by atoms with Crippen molar-refractivity contribution in [2.75, 3.05) is 25.0 Å². The van der Waals surface area contributed by atoms with E-state index in [1.807, 2.05) is 6.92 Å². The molecule has 0 aliphatic rings. The van der Waals surface area contributed by atoms with Gasteiger partial charge in [-0.05, 0) is 44.6 Å². The molecule has 2 atom stereocenters. The molecule has 5 nitrogen and oxygen atoms in total. The first-order valence-electron chi connectivity index (χ1n) is 7.54. The van der Waals surface area contributed by atoms with E-state index >= 15 is 0 Å². The maximum Gasteiger partial charge on any atom is 0.319 e. The van der Waals surface area contributed by atoms with Crippen LogP contribution in [0.2, 0.25) is 0 Å². The number of likely N-dealkylation sites (N-methyl/N-ethyl adjacent to an activating group) is 1. The molecule has 21 heavy (non-hydrogen) atoms. The molecule has 0 saturated carbocycles. The number of urea groups is 1. The number of carbonyl (C=O) groups excluding carboxylic acids is 1. The first kappa shape index (κ1) is 17.5. The Kier molecular flexibility index (Phi) is 7.19. The van der Waals surface area contributed by atoms with E-state index in [9.17, 15) is 9.90 Å². The van der Waals surface area contributed by atoms with Gasteiger partial charge in [-0.15, -0.1) is 0 Å². The predicted molar refractivity (Wildman–Crippen MR) is 86.5 cm³/mol. The Morgan fingerprint density at radius 3 is 2.24 bits per heavy atom. The maximum absolute atomic E-state index is 11.9. The van der Waals surface area contributed by atoms with E-state index in [0.29, 0.717) is 5.69 Å². The lowest BCUT2D eigenvalue weighted by molar-refractivity contribution is 0.199. The highest BCUT2D eigenvalue weighted by molar-refractivity contribution is 5.89. The third-order valence-electron chi connectivity index (χ3n) is 3.45. The molecule has 5 heteroatoms. The summed E-state index contributed by atoms with van der Waals surface area (Å²) in [7, 11) is 0. The minimum Gasteiger partial charge on any atom is -0.389 e. The maximum atomic E-state index is 11.9. The third kappa shape index (κ3) is 6.14. The van der Waals surface area contributed by atoms with Crippen LogP contribution in [-0.2, 0) is 0 Å². The molecular weight excluding hydrogens is 266 g/mol. The second-order valence-corrected chi connectivity index (χ2v) is 5.28. The molecule has 0 saturated heterocycles. The Balaban J connectivity index is 2.46. The Labute approximate surface area is 127 Å². The molecule has 0 bridgehead atoms. The molecule has 1 rings (SSSR count). The van der Waals surface area contributed by atoms with Crippen LogP contribution in [0.1, 0.15) is 39.4 Å². The van der Waals surface area contributed by atoms with Crippen LogP contribution in [0.4, 0.5) is 10.5 Å². The van der Waals surface area contributed by atoms with Crippen molar-refractivity contribution in [2.45, 2.75) is 39.8 Å². The molecule has 0 aromatic heterocycles. The van der Waals surface area contributed by atoms with Crippen molar-refractivity contribution in [2.24, 2.45) is 0 Å². The number of hydrogen-bond donors (Lipinski definition) is 3. The van der Waals surface area contributed by atoms with Crippen molar-refractivity contribution >= 4 is 11.7 Å². The number of rotatable bonds is 7. The first-order chi connectivity index (χ1) is 9.96. The summed E-state index contributed by atoms with van der Waals surface area (Å²) < 4.78 is 0. The van der Waals surface area contributed by atoms with Gasteiger partial charge in [-0.2, -0.15) is 0 Å². The summed E-state index contributed by atoms with van der Waals surface area (Å²) in [4.78, 5) is 14.2. The minimum atomic E-state index is -0.498. The van der Waals surface area contributed by atoms with Crippen molar-refractivity contribution in [1.29, 1.82) is 0 Å². The minimum absolute atomic E-state index is 0.0848. The van der Waals surface area contributed by atoms with Gasteiger partial charge in [0.25, 0.3) is 0 Å². The second kappa shape index (κ2) is 8.64. The summed E-state index contributed by atoms with van der Waals surface area (Å²) in [6.07, 6.45) is -0.498. The number of aliphatic hydroxyl groups is 1. The highest BCUT2D eigenvalue weighted by atomic mass is 16.3. The second-order valence-electron chi connectivity index (χ2n) is 5.28. The predicted octanol–water partition coefficient (Wildman–Crippen LogP) is 2.59. The standard InChI is InChI=1S/C16H27N3O2/c1-5-19(6-2)11-12(3)17-16(21)18-15-9-7-14(8-10-15)13(4)20/h7-10,12-13,20H,5-6,11H2,1-4H3,(H2,17,18,21). The molecule has 1 aromatic carbocycles. The highest BCUT2D eigenvalue weighted by Crippen LogP contribution is 2.15. The van der Waals surface area contributed by atoms with Crippen LogP contribution in [0.5, 0.6) is 0 Å². The fourth-order valence-electron chi connectivity index (χ4n) is 2.15. The Morgan fingerprint density at radius 1 is 1.19 bits per heavy atom. The lowest BCUT2D eigenvalue weighted by Gasteiger charge is -2.23. The molecule has 2 amide bonds. The summed E-state index contributed by atoms with van der Waals surface area (Å²) in [6, 6.07) is 7.06. The number of carbonyl (C=O) groups is 1. The summed E-state index contributed by atoms with van der Waals surface area (Å²) in [5.41, 5.74) is 1.54. The molecule has 0 heterocycles. The van der Waals surface area contributed by atoms with Crippen molar-refractivity contribution < 1.29 is 9.90 Å². The number of nitrogens with one attached hydrogen (secondary N) is 2. The van der Waals surface area contributed by atoms with Crippen LogP contribution in [0.3, 0.4) is 0 Å². The number of aliphatic hydroxyl groups excluding tert-OH is 1. The molecule has 0 aliphatic heterocycles. The Hall–Kier alpha value is -1.59. The number of amides is 2. The molecule has 118 valence electrons. The number of anilines is 1. The first-order valence-corrected chi connectivity index (χ1v) is 7.54. The van der Waals surface area contributed by atoms with E-state index in [2.05, 4.69) is 29.4 Å². The molecule has 0 aliphatic carbocycles. The van der Waals surface area contributed by atoms with Gasteiger partial charge in [0.1, 0.15) is 0 Å². The van der Waals surface area contributed by atoms with Crippen molar-refractivity contribution in [3.05, 3.63) is 29.8 Å². The normalized spacial score (nSPS) is 13.8. The SMILES string of the molecule is CCN(CC)CC(C)NC(=O)Nc1ccc(C(C)O)cc1. The van der Waals surface area contributed by atoms with Crippen molar-refractivity contribution in [1.82, 2.24) is 10.2 Å². The fraction of sp³-hybridized carbons (Fsp3) is 0.562. The molecule has 0 radical (unpaired) electrons. The summed E-state index contributed by atoms with van der Waals surface area (Å²) in [5, 5.41) is 15.2. The molecule has 0 spiro atoms. The van der Waals surface area contributed by atoms with Gasteiger partial charge in [-0.25, -0.2) is 4.79 Å². The van der Waals surface area contributed by atoms with E-state index in [1.54, 1.807) is 31.2 Å². The van der Waals surface area contributed by atoms with E-state index in [4.69, 9.17) is 0 Å². The van der Waals surface area contributed by atoms with E-state index < -0.39 is 6.10 Å². The van der Waals surface area contributed by atoms with Gasteiger partial charge in [0.2, 0.25) is 0 Å². The molecule has 0 fully saturated rings. The smallest absolute Gasteiger partial charge is 0.319 e. The number of nitrogens with zero attached hydrogens (tertiary/aromatic N) is 1. The lowest BCUT2D eigenvalue weighted by Crippen LogP contribution is -2.43. The van der Waals surface area contributed by atoms with E-state index in [1.165, 1.54) is 0 Å². The summed E-state index contributed by atoms with van der Waals surface area (Å²) >= 11 is 0. The monoisotopic (exact) mass is 293 g/mol. The van der Waals surface area contributed by atoms with Gasteiger partial charge in [0, 0.05) is 18.3 Å². The summed E-state index contributed by atoms with van der Waals surface area (Å²) in [5.74, 6) is 0. The zero-order valence-electron chi connectivity index (χ0n) is 13.4. The number of hydrogen-bond acceptors (Lipinski definition) is 3. The molecule has 1 aromatic rings. The van der Waals surface area contributed by atoms with Gasteiger partial charge in [0.05, 0.1) is 6.10 Å². The van der Waals surface area contributed by atoms with Crippen LogP contribution in [0.25, 0.3) is 0 Å². The van der Waals surface area contributed by atoms with Crippen molar-refractivity contribution in [3.8, 4) is 0 Å². The number of benzene rings is 1. The van der Waals surface area contributed by atoms with Crippen LogP contribution >= 0.6 is 0 Å². The Bertz CT molecular complexity index is 428. The average molecular weight is 293 g/mol. The Morgan fingerprint density at radius 2 is 1.76 bits per heavy atom. The lowest BCUT2D eigenvalue weighted by atomic mass is 10.1.